The minimum absolute atomic E-state index is 0.568. The maximum Gasteiger partial charge on any atom is 0.323 e. The molecule has 0 radical (unpaired) electrons. The number of benzene rings is 1. The maximum atomic E-state index is 11.4. The van der Waals surface area contributed by atoms with Crippen LogP contribution in [0.5, 0.6) is 0 Å². The fourth-order valence-corrected chi connectivity index (χ4v) is 2.39. The highest BCUT2D eigenvalue weighted by Gasteiger charge is 2.32. The second kappa shape index (κ2) is 7.29. The summed E-state index contributed by atoms with van der Waals surface area (Å²) in [5, 5.41) is 12.5. The van der Waals surface area contributed by atoms with Crippen LogP contribution in [-0.4, -0.2) is 36.2 Å². The second-order valence-corrected chi connectivity index (χ2v) is 5.28. The summed E-state index contributed by atoms with van der Waals surface area (Å²) >= 11 is 0. The molecule has 20 heavy (non-hydrogen) atoms. The Bertz CT molecular complexity index is 448. The van der Waals surface area contributed by atoms with Gasteiger partial charge in [0.15, 0.2) is 0 Å². The van der Waals surface area contributed by atoms with Crippen molar-refractivity contribution in [2.45, 2.75) is 39.7 Å². The van der Waals surface area contributed by atoms with E-state index in [1.807, 2.05) is 19.1 Å². The molecule has 1 aromatic rings. The topological polar surface area (TPSA) is 52.6 Å². The number of hydrogen-bond acceptors (Lipinski definition) is 3. The van der Waals surface area contributed by atoms with Crippen molar-refractivity contribution in [3.63, 3.8) is 0 Å². The van der Waals surface area contributed by atoms with E-state index >= 15 is 0 Å². The van der Waals surface area contributed by atoms with Gasteiger partial charge < -0.3 is 15.3 Å². The van der Waals surface area contributed by atoms with Crippen molar-refractivity contribution in [3.8, 4) is 0 Å². The molecule has 0 aromatic heterocycles. The first-order valence-corrected chi connectivity index (χ1v) is 7.23. The molecule has 0 spiro atoms. The number of para-hydroxylation sites is 1. The van der Waals surface area contributed by atoms with E-state index in [2.05, 4.69) is 36.2 Å². The summed E-state index contributed by atoms with van der Waals surface area (Å²) in [6.45, 7) is 10.1. The molecule has 1 rings (SSSR count). The molecule has 0 amide bonds. The smallest absolute Gasteiger partial charge is 0.323 e. The molecule has 112 valence electrons. The normalized spacial score (nSPS) is 13.8. The van der Waals surface area contributed by atoms with Crippen molar-refractivity contribution >= 4 is 11.7 Å². The van der Waals surface area contributed by atoms with Crippen LogP contribution in [0.3, 0.4) is 0 Å². The summed E-state index contributed by atoms with van der Waals surface area (Å²) in [6.07, 6.45) is 0.568. The molecule has 1 atom stereocenters. The average molecular weight is 278 g/mol. The molecule has 0 fully saturated rings. The summed E-state index contributed by atoms with van der Waals surface area (Å²) in [4.78, 5) is 13.7. The molecule has 0 aliphatic rings. The third-order valence-electron chi connectivity index (χ3n) is 3.76. The van der Waals surface area contributed by atoms with Crippen molar-refractivity contribution < 1.29 is 9.90 Å². The van der Waals surface area contributed by atoms with Gasteiger partial charge in [0.05, 0.1) is 0 Å². The van der Waals surface area contributed by atoms with E-state index in [-0.39, 0.29) is 0 Å². The van der Waals surface area contributed by atoms with Gasteiger partial charge in [-0.25, -0.2) is 0 Å². The van der Waals surface area contributed by atoms with Gasteiger partial charge in [-0.05, 0) is 45.4 Å². The van der Waals surface area contributed by atoms with Gasteiger partial charge in [0.25, 0.3) is 0 Å². The molecule has 1 aromatic carbocycles. The quantitative estimate of drug-likeness (QED) is 0.767. The third-order valence-corrected chi connectivity index (χ3v) is 3.76. The molecular weight excluding hydrogens is 252 g/mol. The first-order chi connectivity index (χ1) is 9.44. The number of anilines is 1. The van der Waals surface area contributed by atoms with Crippen LogP contribution in [0.1, 0.15) is 32.8 Å². The van der Waals surface area contributed by atoms with Crippen LogP contribution in [0.4, 0.5) is 5.69 Å². The highest BCUT2D eigenvalue weighted by molar-refractivity contribution is 5.78. The van der Waals surface area contributed by atoms with Gasteiger partial charge in [-0.15, -0.1) is 0 Å². The number of nitrogens with zero attached hydrogens (tertiary/aromatic N) is 1. The van der Waals surface area contributed by atoms with Crippen LogP contribution >= 0.6 is 0 Å². The average Bonchev–Trinajstić information content (AvgIpc) is 2.41. The Balaban J connectivity index is 2.79. The van der Waals surface area contributed by atoms with Crippen molar-refractivity contribution in [2.75, 3.05) is 24.5 Å². The number of nitrogens with one attached hydrogen (secondary N) is 1. The molecule has 0 aliphatic carbocycles. The van der Waals surface area contributed by atoms with E-state index in [1.54, 1.807) is 6.92 Å². The largest absolute Gasteiger partial charge is 0.480 e. The van der Waals surface area contributed by atoms with Crippen LogP contribution in [0.25, 0.3) is 0 Å². The van der Waals surface area contributed by atoms with Gasteiger partial charge in [0.1, 0.15) is 5.54 Å². The molecular formula is C16H26N2O2. The Morgan fingerprint density at radius 3 is 2.50 bits per heavy atom. The molecule has 1 unspecified atom stereocenters. The number of hydrogen-bond donors (Lipinski definition) is 2. The Morgan fingerprint density at radius 1 is 1.35 bits per heavy atom. The van der Waals surface area contributed by atoms with Crippen molar-refractivity contribution in [1.82, 2.24) is 5.32 Å². The lowest BCUT2D eigenvalue weighted by Gasteiger charge is -2.31. The zero-order valence-electron chi connectivity index (χ0n) is 12.9. The predicted molar refractivity (Wildman–Crippen MR) is 83.4 cm³/mol. The predicted octanol–water partition coefficient (Wildman–Crippen LogP) is 2.66. The maximum absolute atomic E-state index is 11.4. The monoisotopic (exact) mass is 278 g/mol. The van der Waals surface area contributed by atoms with Gasteiger partial charge in [0.2, 0.25) is 0 Å². The fraction of sp³-hybridized carbons (Fsp3) is 0.562. The Hall–Kier alpha value is -1.55. The zero-order valence-corrected chi connectivity index (χ0v) is 12.9. The molecule has 0 bridgehead atoms. The lowest BCUT2D eigenvalue weighted by molar-refractivity contribution is -0.144. The minimum atomic E-state index is -0.870. The molecule has 2 N–H and O–H groups in total. The summed E-state index contributed by atoms with van der Waals surface area (Å²) in [7, 11) is 0. The highest BCUT2D eigenvalue weighted by Crippen LogP contribution is 2.21. The third kappa shape index (κ3) is 3.97. The fourth-order valence-electron chi connectivity index (χ4n) is 2.39. The van der Waals surface area contributed by atoms with E-state index in [9.17, 15) is 9.90 Å². The van der Waals surface area contributed by atoms with E-state index in [1.165, 1.54) is 11.3 Å². The number of carboxylic acids is 1. The number of aryl methyl sites for hydroxylation is 1. The second-order valence-electron chi connectivity index (χ2n) is 5.28. The van der Waals surface area contributed by atoms with E-state index in [4.69, 9.17) is 0 Å². The minimum Gasteiger partial charge on any atom is -0.480 e. The molecule has 0 aliphatic heterocycles. The van der Waals surface area contributed by atoms with Crippen LogP contribution in [-0.2, 0) is 4.79 Å². The van der Waals surface area contributed by atoms with Gasteiger partial charge in [-0.3, -0.25) is 4.79 Å². The standard InChI is InChI=1S/C16H26N2O2/c1-5-17-16(4,15(19)20)11-12-18(6-2)14-10-8-7-9-13(14)3/h7-10,17H,5-6,11-12H2,1-4H3,(H,19,20). The summed E-state index contributed by atoms with van der Waals surface area (Å²) in [6, 6.07) is 8.21. The molecule has 4 nitrogen and oxygen atoms in total. The van der Waals surface area contributed by atoms with Gasteiger partial charge >= 0.3 is 5.97 Å². The number of rotatable bonds is 8. The van der Waals surface area contributed by atoms with Crippen molar-refractivity contribution in [1.29, 1.82) is 0 Å². The van der Waals surface area contributed by atoms with Crippen molar-refractivity contribution in [3.05, 3.63) is 29.8 Å². The first-order valence-electron chi connectivity index (χ1n) is 7.23. The Labute approximate surface area is 121 Å². The number of carboxylic acid groups (broad SMARTS) is 1. The summed E-state index contributed by atoms with van der Waals surface area (Å²) in [5.41, 5.74) is 1.53. The van der Waals surface area contributed by atoms with Gasteiger partial charge in [-0.1, -0.05) is 25.1 Å². The number of likely N-dealkylation sites (N-methyl/N-ethyl adjacent to an activating group) is 1. The van der Waals surface area contributed by atoms with Crippen molar-refractivity contribution in [2.24, 2.45) is 0 Å². The van der Waals surface area contributed by atoms with Crippen LogP contribution in [0, 0.1) is 6.92 Å². The van der Waals surface area contributed by atoms with Crippen LogP contribution in [0.2, 0.25) is 0 Å². The lowest BCUT2D eigenvalue weighted by atomic mass is 9.97. The zero-order chi connectivity index (χ0) is 15.2. The summed E-state index contributed by atoms with van der Waals surface area (Å²) < 4.78 is 0. The Kier molecular flexibility index (Phi) is 6.02. The number of aliphatic carboxylic acids is 1. The van der Waals surface area contributed by atoms with Gasteiger partial charge in [0, 0.05) is 18.8 Å². The molecule has 0 heterocycles. The van der Waals surface area contributed by atoms with Crippen LogP contribution in [0.15, 0.2) is 24.3 Å². The molecule has 0 saturated carbocycles. The summed E-state index contributed by atoms with van der Waals surface area (Å²) in [5.74, 6) is -0.791. The molecule has 4 heteroatoms. The lowest BCUT2D eigenvalue weighted by Crippen LogP contribution is -2.51. The Morgan fingerprint density at radius 2 is 2.00 bits per heavy atom. The molecule has 0 saturated heterocycles. The van der Waals surface area contributed by atoms with Crippen LogP contribution < -0.4 is 10.2 Å². The van der Waals surface area contributed by atoms with E-state index in [0.717, 1.165) is 13.1 Å². The van der Waals surface area contributed by atoms with E-state index < -0.39 is 11.5 Å². The highest BCUT2D eigenvalue weighted by atomic mass is 16.4. The number of carbonyl (C=O) groups is 1. The first kappa shape index (κ1) is 16.5. The van der Waals surface area contributed by atoms with E-state index in [0.29, 0.717) is 13.0 Å². The SMILES string of the molecule is CCNC(C)(CCN(CC)c1ccccc1C)C(=O)O. The van der Waals surface area contributed by atoms with Gasteiger partial charge in [-0.2, -0.15) is 0 Å².